The van der Waals surface area contributed by atoms with Crippen LogP contribution in [0.15, 0.2) is 11.4 Å². The van der Waals surface area contributed by atoms with Crippen LogP contribution in [0, 0.1) is 6.92 Å². The second-order valence-corrected chi connectivity index (χ2v) is 5.08. The fraction of sp³-hybridized carbons (Fsp3) is 0.692. The van der Waals surface area contributed by atoms with Gasteiger partial charge in [-0.25, -0.2) is 0 Å². The van der Waals surface area contributed by atoms with Gasteiger partial charge in [-0.3, -0.25) is 0 Å². The van der Waals surface area contributed by atoms with Crippen LogP contribution >= 0.6 is 11.3 Å². The Hall–Kier alpha value is -0.380. The molecule has 0 aliphatic carbocycles. The van der Waals surface area contributed by atoms with Gasteiger partial charge in [-0.2, -0.15) is 0 Å². The predicted octanol–water partition coefficient (Wildman–Crippen LogP) is 3.01. The lowest BCUT2D eigenvalue weighted by Crippen LogP contribution is -2.20. The first-order chi connectivity index (χ1) is 7.84. The van der Waals surface area contributed by atoms with Gasteiger partial charge in [0.25, 0.3) is 0 Å². The summed E-state index contributed by atoms with van der Waals surface area (Å²) >= 11 is 1.89. The van der Waals surface area contributed by atoms with Crippen LogP contribution in [0.2, 0.25) is 0 Å². The fourth-order valence-corrected chi connectivity index (χ4v) is 2.62. The van der Waals surface area contributed by atoms with E-state index in [1.807, 2.05) is 11.3 Å². The molecule has 0 unspecified atom stereocenters. The minimum atomic E-state index is 0.814. The SMILES string of the molecule is COCCNCCCCCc1sccc1C. The Bertz CT molecular complexity index is 273. The van der Waals surface area contributed by atoms with Gasteiger partial charge in [-0.1, -0.05) is 6.42 Å². The van der Waals surface area contributed by atoms with E-state index in [9.17, 15) is 0 Å². The van der Waals surface area contributed by atoms with Gasteiger partial charge in [0.05, 0.1) is 6.61 Å². The Kier molecular flexibility index (Phi) is 7.47. The van der Waals surface area contributed by atoms with Crippen LogP contribution in [-0.4, -0.2) is 26.8 Å². The minimum Gasteiger partial charge on any atom is -0.383 e. The van der Waals surface area contributed by atoms with Crippen molar-refractivity contribution in [3.63, 3.8) is 0 Å². The minimum absolute atomic E-state index is 0.814. The summed E-state index contributed by atoms with van der Waals surface area (Å²) in [5.74, 6) is 0. The van der Waals surface area contributed by atoms with Gasteiger partial charge in [0.1, 0.15) is 0 Å². The zero-order valence-electron chi connectivity index (χ0n) is 10.4. The van der Waals surface area contributed by atoms with E-state index in [2.05, 4.69) is 23.7 Å². The van der Waals surface area contributed by atoms with Gasteiger partial charge in [0.15, 0.2) is 0 Å². The molecule has 2 nitrogen and oxygen atoms in total. The summed E-state index contributed by atoms with van der Waals surface area (Å²) in [6, 6.07) is 2.21. The number of thiophene rings is 1. The number of hydrogen-bond donors (Lipinski definition) is 1. The monoisotopic (exact) mass is 241 g/mol. The predicted molar refractivity (Wildman–Crippen MR) is 71.4 cm³/mol. The van der Waals surface area contributed by atoms with Crippen molar-refractivity contribution in [3.8, 4) is 0 Å². The lowest BCUT2D eigenvalue weighted by molar-refractivity contribution is 0.199. The van der Waals surface area contributed by atoms with Crippen LogP contribution in [0.25, 0.3) is 0 Å². The average Bonchev–Trinajstić information content (AvgIpc) is 2.68. The zero-order chi connectivity index (χ0) is 11.6. The summed E-state index contributed by atoms with van der Waals surface area (Å²) in [6.07, 6.45) is 5.15. The van der Waals surface area contributed by atoms with E-state index in [1.165, 1.54) is 31.2 Å². The smallest absolute Gasteiger partial charge is 0.0587 e. The largest absolute Gasteiger partial charge is 0.383 e. The first-order valence-corrected chi connectivity index (χ1v) is 6.95. The maximum atomic E-state index is 4.97. The number of ether oxygens (including phenoxy) is 1. The van der Waals surface area contributed by atoms with Crippen molar-refractivity contribution in [1.82, 2.24) is 5.32 Å². The molecule has 1 aromatic heterocycles. The van der Waals surface area contributed by atoms with Crippen LogP contribution in [0.1, 0.15) is 29.7 Å². The van der Waals surface area contributed by atoms with Crippen molar-refractivity contribution >= 4 is 11.3 Å². The summed E-state index contributed by atoms with van der Waals surface area (Å²) in [5, 5.41) is 5.56. The first-order valence-electron chi connectivity index (χ1n) is 6.07. The molecule has 0 aliphatic rings. The third kappa shape index (κ3) is 5.64. The fourth-order valence-electron chi connectivity index (χ4n) is 1.67. The molecule has 1 rings (SSSR count). The number of nitrogens with one attached hydrogen (secondary N) is 1. The summed E-state index contributed by atoms with van der Waals surface area (Å²) in [6.45, 7) is 5.11. The first kappa shape index (κ1) is 13.7. The molecule has 0 atom stereocenters. The Morgan fingerprint density at radius 1 is 1.25 bits per heavy atom. The van der Waals surface area contributed by atoms with Crippen LogP contribution < -0.4 is 5.32 Å². The zero-order valence-corrected chi connectivity index (χ0v) is 11.2. The van der Waals surface area contributed by atoms with Gasteiger partial charge in [0.2, 0.25) is 0 Å². The number of aryl methyl sites for hydroxylation is 2. The summed E-state index contributed by atoms with van der Waals surface area (Å²) < 4.78 is 4.97. The molecule has 3 heteroatoms. The lowest BCUT2D eigenvalue weighted by atomic mass is 10.1. The van der Waals surface area contributed by atoms with Crippen LogP contribution in [0.4, 0.5) is 0 Å². The average molecular weight is 241 g/mol. The van der Waals surface area contributed by atoms with Crippen LogP contribution in [0.5, 0.6) is 0 Å². The van der Waals surface area contributed by atoms with Crippen molar-refractivity contribution in [1.29, 1.82) is 0 Å². The molecule has 0 radical (unpaired) electrons. The highest BCUT2D eigenvalue weighted by Gasteiger charge is 1.98. The Balaban J connectivity index is 1.91. The standard InChI is InChI=1S/C13H23NOS/c1-12-7-11-16-13(12)6-4-3-5-8-14-9-10-15-2/h7,11,14H,3-6,8-10H2,1-2H3. The molecule has 0 spiro atoms. The molecule has 0 aliphatic heterocycles. The molecule has 1 heterocycles. The highest BCUT2D eigenvalue weighted by molar-refractivity contribution is 7.10. The van der Waals surface area contributed by atoms with E-state index in [1.54, 1.807) is 12.0 Å². The Morgan fingerprint density at radius 3 is 2.81 bits per heavy atom. The topological polar surface area (TPSA) is 21.3 Å². The molecule has 0 aromatic carbocycles. The summed E-state index contributed by atoms with van der Waals surface area (Å²) in [7, 11) is 1.74. The van der Waals surface area contributed by atoms with Gasteiger partial charge in [0, 0.05) is 18.5 Å². The third-order valence-corrected chi connectivity index (χ3v) is 3.79. The number of methoxy groups -OCH3 is 1. The number of hydrogen-bond acceptors (Lipinski definition) is 3. The Labute approximate surface area is 103 Å². The maximum Gasteiger partial charge on any atom is 0.0587 e. The van der Waals surface area contributed by atoms with E-state index in [-0.39, 0.29) is 0 Å². The van der Waals surface area contributed by atoms with E-state index < -0.39 is 0 Å². The van der Waals surface area contributed by atoms with Crippen molar-refractivity contribution < 1.29 is 4.74 Å². The molecule has 92 valence electrons. The maximum absolute atomic E-state index is 4.97. The molecular formula is C13H23NOS. The van der Waals surface area contributed by atoms with Crippen molar-refractivity contribution in [2.24, 2.45) is 0 Å². The van der Waals surface area contributed by atoms with Gasteiger partial charge in [-0.05, 0) is 49.7 Å². The second-order valence-electron chi connectivity index (χ2n) is 4.08. The van der Waals surface area contributed by atoms with E-state index in [0.717, 1.165) is 19.7 Å². The highest BCUT2D eigenvalue weighted by atomic mass is 32.1. The molecule has 1 aromatic rings. The molecule has 16 heavy (non-hydrogen) atoms. The molecule has 0 saturated heterocycles. The quantitative estimate of drug-likeness (QED) is 0.671. The molecular weight excluding hydrogens is 218 g/mol. The van der Waals surface area contributed by atoms with Crippen LogP contribution in [-0.2, 0) is 11.2 Å². The molecule has 0 bridgehead atoms. The number of rotatable bonds is 9. The number of unbranched alkanes of at least 4 members (excludes halogenated alkanes) is 2. The third-order valence-electron chi connectivity index (χ3n) is 2.71. The van der Waals surface area contributed by atoms with E-state index in [4.69, 9.17) is 4.74 Å². The molecule has 1 N–H and O–H groups in total. The highest BCUT2D eigenvalue weighted by Crippen LogP contribution is 2.18. The summed E-state index contributed by atoms with van der Waals surface area (Å²) in [5.41, 5.74) is 1.46. The van der Waals surface area contributed by atoms with Gasteiger partial charge < -0.3 is 10.1 Å². The van der Waals surface area contributed by atoms with Crippen molar-refractivity contribution in [2.45, 2.75) is 32.6 Å². The van der Waals surface area contributed by atoms with Gasteiger partial charge in [-0.15, -0.1) is 11.3 Å². The van der Waals surface area contributed by atoms with Crippen molar-refractivity contribution in [2.75, 3.05) is 26.8 Å². The lowest BCUT2D eigenvalue weighted by Gasteiger charge is -2.04. The summed E-state index contributed by atoms with van der Waals surface area (Å²) in [4.78, 5) is 1.56. The molecule has 0 saturated carbocycles. The second kappa shape index (κ2) is 8.74. The normalized spacial score (nSPS) is 10.9. The van der Waals surface area contributed by atoms with Crippen LogP contribution in [0.3, 0.4) is 0 Å². The van der Waals surface area contributed by atoms with Crippen molar-refractivity contribution in [3.05, 3.63) is 21.9 Å². The Morgan fingerprint density at radius 2 is 2.12 bits per heavy atom. The van der Waals surface area contributed by atoms with E-state index in [0.29, 0.717) is 0 Å². The van der Waals surface area contributed by atoms with E-state index >= 15 is 0 Å². The molecule has 0 amide bonds. The molecule has 0 fully saturated rings. The van der Waals surface area contributed by atoms with Gasteiger partial charge >= 0.3 is 0 Å².